The summed E-state index contributed by atoms with van der Waals surface area (Å²) >= 11 is 0. The monoisotopic (exact) mass is 495 g/mol. The summed E-state index contributed by atoms with van der Waals surface area (Å²) in [7, 11) is 1.77. The Morgan fingerprint density at radius 3 is 2.43 bits per heavy atom. The number of hydrogen-bond acceptors (Lipinski definition) is 3. The lowest BCUT2D eigenvalue weighted by atomic mass is 9.95. The number of aliphatic hydroxyl groups is 1. The number of hydrogen-bond donors (Lipinski definition) is 3. The van der Waals surface area contributed by atoms with Crippen LogP contribution in [0.4, 0.5) is 0 Å². The van der Waals surface area contributed by atoms with Gasteiger partial charge in [-0.05, 0) is 17.5 Å². The SMILES string of the molecule is CN=C(NCC(CO)c1ccccc1)NCC1CCOC1c1ccccc1.I. The molecule has 2 aromatic carbocycles. The van der Waals surface area contributed by atoms with Gasteiger partial charge in [-0.2, -0.15) is 0 Å². The molecule has 1 aliphatic heterocycles. The molecule has 3 N–H and O–H groups in total. The van der Waals surface area contributed by atoms with Crippen molar-refractivity contribution >= 4 is 29.9 Å². The van der Waals surface area contributed by atoms with Crippen LogP contribution in [0.3, 0.4) is 0 Å². The molecule has 28 heavy (non-hydrogen) atoms. The predicted molar refractivity (Wildman–Crippen MR) is 124 cm³/mol. The molecule has 152 valence electrons. The highest BCUT2D eigenvalue weighted by molar-refractivity contribution is 14.0. The summed E-state index contributed by atoms with van der Waals surface area (Å²) in [4.78, 5) is 4.32. The van der Waals surface area contributed by atoms with E-state index in [1.165, 1.54) is 5.56 Å². The van der Waals surface area contributed by atoms with Gasteiger partial charge in [-0.1, -0.05) is 60.7 Å². The summed E-state index contributed by atoms with van der Waals surface area (Å²) in [5, 5.41) is 16.5. The van der Waals surface area contributed by atoms with E-state index in [1.54, 1.807) is 7.05 Å². The van der Waals surface area contributed by atoms with Crippen LogP contribution in [0.25, 0.3) is 0 Å². The highest BCUT2D eigenvalue weighted by Crippen LogP contribution is 2.33. The second-order valence-electron chi connectivity index (χ2n) is 6.88. The van der Waals surface area contributed by atoms with Crippen molar-refractivity contribution < 1.29 is 9.84 Å². The smallest absolute Gasteiger partial charge is 0.191 e. The summed E-state index contributed by atoms with van der Waals surface area (Å²) in [5.41, 5.74) is 2.35. The second-order valence-corrected chi connectivity index (χ2v) is 6.88. The molecule has 0 bridgehead atoms. The van der Waals surface area contributed by atoms with E-state index in [4.69, 9.17) is 4.74 Å². The molecule has 2 aromatic rings. The van der Waals surface area contributed by atoms with Crippen LogP contribution in [0.2, 0.25) is 0 Å². The van der Waals surface area contributed by atoms with Gasteiger partial charge in [0.05, 0.1) is 12.7 Å². The molecule has 0 aromatic heterocycles. The molecule has 3 unspecified atom stereocenters. The van der Waals surface area contributed by atoms with E-state index >= 15 is 0 Å². The minimum Gasteiger partial charge on any atom is -0.396 e. The third-order valence-corrected chi connectivity index (χ3v) is 5.10. The van der Waals surface area contributed by atoms with Crippen molar-refractivity contribution in [2.24, 2.45) is 10.9 Å². The van der Waals surface area contributed by atoms with Crippen molar-refractivity contribution in [2.75, 3.05) is 33.4 Å². The van der Waals surface area contributed by atoms with Gasteiger partial charge in [0.2, 0.25) is 0 Å². The number of aliphatic hydroxyl groups excluding tert-OH is 1. The van der Waals surface area contributed by atoms with Crippen molar-refractivity contribution in [2.45, 2.75) is 18.4 Å². The predicted octanol–water partition coefficient (Wildman–Crippen LogP) is 3.32. The molecule has 3 atom stereocenters. The zero-order valence-corrected chi connectivity index (χ0v) is 18.6. The van der Waals surface area contributed by atoms with Crippen molar-refractivity contribution in [1.29, 1.82) is 0 Å². The van der Waals surface area contributed by atoms with E-state index in [9.17, 15) is 5.11 Å². The Labute approximate surface area is 184 Å². The van der Waals surface area contributed by atoms with E-state index < -0.39 is 0 Å². The Morgan fingerprint density at radius 1 is 1.11 bits per heavy atom. The van der Waals surface area contributed by atoms with Crippen molar-refractivity contribution in [3.8, 4) is 0 Å². The number of halogens is 1. The number of nitrogens with zero attached hydrogens (tertiary/aromatic N) is 1. The van der Waals surface area contributed by atoms with E-state index in [-0.39, 0.29) is 42.6 Å². The number of nitrogens with one attached hydrogen (secondary N) is 2. The summed E-state index contributed by atoms with van der Waals surface area (Å²) < 4.78 is 5.96. The average molecular weight is 495 g/mol. The van der Waals surface area contributed by atoms with Crippen molar-refractivity contribution in [3.05, 3.63) is 71.8 Å². The number of guanidine groups is 1. The van der Waals surface area contributed by atoms with Crippen LogP contribution in [-0.4, -0.2) is 44.4 Å². The van der Waals surface area contributed by atoms with Crippen LogP contribution in [0.15, 0.2) is 65.7 Å². The minimum absolute atomic E-state index is 0. The minimum atomic E-state index is 0. The van der Waals surface area contributed by atoms with Crippen molar-refractivity contribution in [1.82, 2.24) is 10.6 Å². The largest absolute Gasteiger partial charge is 0.396 e. The maximum atomic E-state index is 9.71. The molecule has 3 rings (SSSR count). The van der Waals surface area contributed by atoms with Crippen LogP contribution in [0.5, 0.6) is 0 Å². The first-order valence-corrected chi connectivity index (χ1v) is 9.58. The molecule has 5 nitrogen and oxygen atoms in total. The Hall–Kier alpha value is -1.64. The molecule has 0 amide bonds. The molecule has 0 radical (unpaired) electrons. The van der Waals surface area contributed by atoms with Crippen LogP contribution < -0.4 is 10.6 Å². The van der Waals surface area contributed by atoms with Gasteiger partial charge in [0.15, 0.2) is 5.96 Å². The maximum Gasteiger partial charge on any atom is 0.191 e. The number of rotatable bonds is 7. The van der Waals surface area contributed by atoms with Gasteiger partial charge < -0.3 is 20.5 Å². The Balaban J connectivity index is 0.00000280. The van der Waals surface area contributed by atoms with Gasteiger partial charge in [0, 0.05) is 38.6 Å². The fourth-order valence-electron chi connectivity index (χ4n) is 3.54. The molecule has 1 aliphatic rings. The first-order valence-electron chi connectivity index (χ1n) is 9.58. The van der Waals surface area contributed by atoms with Gasteiger partial charge in [-0.25, -0.2) is 0 Å². The zero-order valence-electron chi connectivity index (χ0n) is 16.3. The molecule has 1 heterocycles. The average Bonchev–Trinajstić information content (AvgIpc) is 3.21. The fraction of sp³-hybridized carbons (Fsp3) is 0.409. The molecular weight excluding hydrogens is 465 g/mol. The summed E-state index contributed by atoms with van der Waals surface area (Å²) in [6.45, 7) is 2.32. The third-order valence-electron chi connectivity index (χ3n) is 5.10. The number of ether oxygens (including phenoxy) is 1. The molecule has 0 aliphatic carbocycles. The van der Waals surface area contributed by atoms with Crippen LogP contribution in [0, 0.1) is 5.92 Å². The lowest BCUT2D eigenvalue weighted by Gasteiger charge is -2.22. The number of benzene rings is 2. The van der Waals surface area contributed by atoms with Gasteiger partial charge in [0.1, 0.15) is 0 Å². The van der Waals surface area contributed by atoms with Gasteiger partial charge in [-0.3, -0.25) is 4.99 Å². The first kappa shape index (κ1) is 22.6. The topological polar surface area (TPSA) is 65.9 Å². The highest BCUT2D eigenvalue weighted by atomic mass is 127. The normalized spacial score (nSPS) is 20.3. The van der Waals surface area contributed by atoms with Gasteiger partial charge >= 0.3 is 0 Å². The molecule has 6 heteroatoms. The standard InChI is InChI=1S/C22H29N3O2.HI/c1-23-22(25-15-20(16-26)17-8-4-2-5-9-17)24-14-19-12-13-27-21(19)18-10-6-3-7-11-18;/h2-11,19-21,26H,12-16H2,1H3,(H2,23,24,25);1H. The molecular formula is C22H30IN3O2. The van der Waals surface area contributed by atoms with Gasteiger partial charge in [0.25, 0.3) is 0 Å². The maximum absolute atomic E-state index is 9.71. The molecule has 1 fully saturated rings. The van der Waals surface area contributed by atoms with E-state index in [0.717, 1.165) is 31.1 Å². The van der Waals surface area contributed by atoms with Gasteiger partial charge in [-0.15, -0.1) is 24.0 Å². The zero-order chi connectivity index (χ0) is 18.9. The lowest BCUT2D eigenvalue weighted by Crippen LogP contribution is -2.42. The highest BCUT2D eigenvalue weighted by Gasteiger charge is 2.29. The van der Waals surface area contributed by atoms with E-state index in [0.29, 0.717) is 12.5 Å². The Kier molecular flexibility index (Phi) is 9.73. The Morgan fingerprint density at radius 2 is 1.79 bits per heavy atom. The quantitative estimate of drug-likeness (QED) is 0.313. The summed E-state index contributed by atoms with van der Waals surface area (Å²) in [6.07, 6.45) is 1.17. The summed E-state index contributed by atoms with van der Waals surface area (Å²) in [6, 6.07) is 20.5. The summed E-state index contributed by atoms with van der Waals surface area (Å²) in [5.74, 6) is 1.20. The lowest BCUT2D eigenvalue weighted by molar-refractivity contribution is 0.0915. The van der Waals surface area contributed by atoms with E-state index in [1.807, 2.05) is 36.4 Å². The van der Waals surface area contributed by atoms with Crippen LogP contribution in [0.1, 0.15) is 29.6 Å². The van der Waals surface area contributed by atoms with Crippen molar-refractivity contribution in [3.63, 3.8) is 0 Å². The molecule has 0 spiro atoms. The fourth-order valence-corrected chi connectivity index (χ4v) is 3.54. The molecule has 1 saturated heterocycles. The van der Waals surface area contributed by atoms with E-state index in [2.05, 4.69) is 39.9 Å². The third kappa shape index (κ3) is 6.18. The Bertz CT molecular complexity index is 712. The number of aliphatic imine (C=N–C) groups is 1. The van der Waals surface area contributed by atoms with Crippen LogP contribution >= 0.6 is 24.0 Å². The first-order chi connectivity index (χ1) is 13.3. The second kappa shape index (κ2) is 12.0. The van der Waals surface area contributed by atoms with Crippen LogP contribution in [-0.2, 0) is 4.74 Å². The molecule has 0 saturated carbocycles.